The average molecular weight is 280 g/mol. The van der Waals surface area contributed by atoms with Crippen molar-refractivity contribution in [1.29, 1.82) is 0 Å². The Labute approximate surface area is 114 Å². The number of hydrogen-bond donors (Lipinski definition) is 2. The van der Waals surface area contributed by atoms with Crippen LogP contribution in [0.2, 0.25) is 0 Å². The minimum Gasteiger partial charge on any atom is -0.394 e. The molecular weight excluding hydrogens is 264 g/mol. The molecule has 9 nitrogen and oxygen atoms in total. The fourth-order valence-electron chi connectivity index (χ4n) is 1.50. The molecule has 0 amide bonds. The molecule has 0 atom stereocenters. The third-order valence-corrected chi connectivity index (χ3v) is 2.34. The summed E-state index contributed by atoms with van der Waals surface area (Å²) < 4.78 is 6.77. The second kappa shape index (κ2) is 6.26. The lowest BCUT2D eigenvalue weighted by atomic mass is 10.5. The third kappa shape index (κ3) is 3.19. The highest BCUT2D eigenvalue weighted by Gasteiger charge is 2.09. The van der Waals surface area contributed by atoms with Crippen LogP contribution in [0.1, 0.15) is 0 Å². The van der Waals surface area contributed by atoms with Gasteiger partial charge in [-0.2, -0.15) is 4.98 Å². The van der Waals surface area contributed by atoms with Gasteiger partial charge in [-0.3, -0.25) is 14.3 Å². The van der Waals surface area contributed by atoms with Crippen molar-refractivity contribution in [1.82, 2.24) is 24.4 Å². The van der Waals surface area contributed by atoms with Crippen LogP contribution in [-0.2, 0) is 11.5 Å². The molecule has 0 fully saturated rings. The first kappa shape index (κ1) is 14.2. The van der Waals surface area contributed by atoms with Gasteiger partial charge in [-0.05, 0) is 0 Å². The minimum atomic E-state index is -0.359. The first-order valence-corrected chi connectivity index (χ1v) is 5.96. The number of aliphatic imine (C=N–C) groups is 1. The molecule has 0 aliphatic carbocycles. The molecule has 2 aromatic heterocycles. The minimum absolute atomic E-state index is 0.0704. The van der Waals surface area contributed by atoms with E-state index in [9.17, 15) is 4.79 Å². The van der Waals surface area contributed by atoms with E-state index in [1.807, 2.05) is 14.1 Å². The predicted octanol–water partition coefficient (Wildman–Crippen LogP) is -0.693. The summed E-state index contributed by atoms with van der Waals surface area (Å²) >= 11 is 0. The summed E-state index contributed by atoms with van der Waals surface area (Å²) in [6.07, 6.45) is 3.00. The number of H-pyrrole nitrogens is 1. The van der Waals surface area contributed by atoms with Gasteiger partial charge in [0.1, 0.15) is 6.73 Å². The van der Waals surface area contributed by atoms with Gasteiger partial charge in [0.25, 0.3) is 5.56 Å². The molecule has 2 heterocycles. The summed E-state index contributed by atoms with van der Waals surface area (Å²) in [5.74, 6) is 0.195. The van der Waals surface area contributed by atoms with E-state index in [2.05, 4.69) is 19.9 Å². The first-order valence-electron chi connectivity index (χ1n) is 5.96. The number of aromatic nitrogens is 4. The van der Waals surface area contributed by atoms with Crippen molar-refractivity contribution in [2.45, 2.75) is 6.73 Å². The fourth-order valence-corrected chi connectivity index (χ4v) is 1.50. The van der Waals surface area contributed by atoms with Crippen LogP contribution in [0, 0.1) is 0 Å². The smallest absolute Gasteiger partial charge is 0.280 e. The van der Waals surface area contributed by atoms with E-state index in [0.717, 1.165) is 0 Å². The molecule has 0 radical (unpaired) electrons. The Hall–Kier alpha value is -2.26. The maximum atomic E-state index is 11.8. The van der Waals surface area contributed by atoms with Crippen molar-refractivity contribution in [2.75, 3.05) is 27.3 Å². The van der Waals surface area contributed by atoms with Crippen molar-refractivity contribution < 1.29 is 9.84 Å². The molecule has 0 aliphatic heterocycles. The standard InChI is InChI=1S/C11H16N6O3/c1-16(2)5-13-11-14-9-8(10(19)15-11)12-6-17(9)7-20-4-3-18/h5-6,18H,3-4,7H2,1-2H3,(H,14,15,19). The second-order valence-corrected chi connectivity index (χ2v) is 4.25. The maximum absolute atomic E-state index is 11.8. The summed E-state index contributed by atoms with van der Waals surface area (Å²) in [7, 11) is 3.63. The van der Waals surface area contributed by atoms with Crippen molar-refractivity contribution in [3.05, 3.63) is 16.7 Å². The van der Waals surface area contributed by atoms with Gasteiger partial charge in [-0.1, -0.05) is 0 Å². The lowest BCUT2D eigenvalue weighted by Gasteiger charge is -2.04. The molecule has 2 rings (SSSR count). The lowest BCUT2D eigenvalue weighted by Crippen LogP contribution is -2.11. The van der Waals surface area contributed by atoms with Crippen molar-refractivity contribution in [3.8, 4) is 0 Å². The Morgan fingerprint density at radius 2 is 2.40 bits per heavy atom. The molecule has 0 unspecified atom stereocenters. The first-order chi connectivity index (χ1) is 9.61. The number of ether oxygens (including phenoxy) is 1. The largest absolute Gasteiger partial charge is 0.394 e. The van der Waals surface area contributed by atoms with E-state index in [-0.39, 0.29) is 37.0 Å². The highest BCUT2D eigenvalue weighted by molar-refractivity contribution is 5.71. The van der Waals surface area contributed by atoms with Crippen molar-refractivity contribution in [2.24, 2.45) is 4.99 Å². The van der Waals surface area contributed by atoms with Gasteiger partial charge < -0.3 is 14.7 Å². The lowest BCUT2D eigenvalue weighted by molar-refractivity contribution is 0.0499. The SMILES string of the molecule is CN(C)C=Nc1nc2c(ncn2COCCO)c(=O)[nH]1. The highest BCUT2D eigenvalue weighted by atomic mass is 16.5. The van der Waals surface area contributed by atoms with Crippen LogP contribution in [0.3, 0.4) is 0 Å². The second-order valence-electron chi connectivity index (χ2n) is 4.25. The molecule has 0 saturated carbocycles. The van der Waals surface area contributed by atoms with E-state index in [0.29, 0.717) is 5.65 Å². The maximum Gasteiger partial charge on any atom is 0.280 e. The number of fused-ring (bicyclic) bond motifs is 1. The van der Waals surface area contributed by atoms with Gasteiger partial charge in [-0.15, -0.1) is 0 Å². The molecule has 0 saturated heterocycles. The fraction of sp³-hybridized carbons (Fsp3) is 0.455. The van der Waals surface area contributed by atoms with Gasteiger partial charge in [-0.25, -0.2) is 9.98 Å². The van der Waals surface area contributed by atoms with Gasteiger partial charge in [0, 0.05) is 14.1 Å². The van der Waals surface area contributed by atoms with Gasteiger partial charge >= 0.3 is 0 Å². The van der Waals surface area contributed by atoms with Crippen LogP contribution in [-0.4, -0.2) is 63.2 Å². The summed E-state index contributed by atoms with van der Waals surface area (Å²) in [4.78, 5) is 28.4. The Morgan fingerprint density at radius 1 is 1.60 bits per heavy atom. The Morgan fingerprint density at radius 3 is 3.10 bits per heavy atom. The number of hydrogen-bond acceptors (Lipinski definition) is 6. The summed E-state index contributed by atoms with van der Waals surface area (Å²) in [6.45, 7) is 0.290. The zero-order valence-electron chi connectivity index (χ0n) is 11.3. The van der Waals surface area contributed by atoms with E-state index in [1.54, 1.807) is 9.47 Å². The molecule has 9 heteroatoms. The average Bonchev–Trinajstić information content (AvgIpc) is 2.81. The molecule has 2 aromatic rings. The Balaban J connectivity index is 2.34. The summed E-state index contributed by atoms with van der Waals surface area (Å²) in [5.41, 5.74) is 0.251. The topological polar surface area (TPSA) is 109 Å². The molecular formula is C11H16N6O3. The van der Waals surface area contributed by atoms with Gasteiger partial charge in [0.2, 0.25) is 5.95 Å². The molecule has 0 spiro atoms. The normalized spacial score (nSPS) is 11.6. The zero-order chi connectivity index (χ0) is 14.5. The number of nitrogens with one attached hydrogen (secondary N) is 1. The van der Waals surface area contributed by atoms with Crippen LogP contribution in [0.15, 0.2) is 16.1 Å². The number of aliphatic hydroxyl groups excluding tert-OH is 1. The number of nitrogens with zero attached hydrogens (tertiary/aromatic N) is 5. The quantitative estimate of drug-likeness (QED) is 0.412. The highest BCUT2D eigenvalue weighted by Crippen LogP contribution is 2.09. The van der Waals surface area contributed by atoms with Gasteiger partial charge in [0.05, 0.1) is 25.9 Å². The number of rotatable bonds is 6. The molecule has 0 bridgehead atoms. The Bertz CT molecular complexity index is 660. The summed E-state index contributed by atoms with van der Waals surface area (Å²) in [6, 6.07) is 0. The number of aliphatic hydroxyl groups is 1. The molecule has 108 valence electrons. The predicted molar refractivity (Wildman–Crippen MR) is 73.0 cm³/mol. The van der Waals surface area contributed by atoms with E-state index in [1.165, 1.54) is 12.7 Å². The molecule has 0 aliphatic rings. The van der Waals surface area contributed by atoms with Crippen molar-refractivity contribution in [3.63, 3.8) is 0 Å². The molecule has 2 N–H and O–H groups in total. The van der Waals surface area contributed by atoms with Crippen LogP contribution in [0.5, 0.6) is 0 Å². The monoisotopic (exact) mass is 280 g/mol. The number of aromatic amines is 1. The third-order valence-electron chi connectivity index (χ3n) is 2.34. The van der Waals surface area contributed by atoms with Crippen LogP contribution >= 0.6 is 0 Å². The molecule has 0 aromatic carbocycles. The van der Waals surface area contributed by atoms with E-state index < -0.39 is 0 Å². The van der Waals surface area contributed by atoms with Crippen LogP contribution in [0.4, 0.5) is 5.95 Å². The van der Waals surface area contributed by atoms with E-state index in [4.69, 9.17) is 9.84 Å². The summed E-state index contributed by atoms with van der Waals surface area (Å²) in [5, 5.41) is 8.67. The van der Waals surface area contributed by atoms with Gasteiger partial charge in [0.15, 0.2) is 11.2 Å². The van der Waals surface area contributed by atoms with Crippen LogP contribution in [0.25, 0.3) is 11.2 Å². The zero-order valence-corrected chi connectivity index (χ0v) is 11.3. The van der Waals surface area contributed by atoms with Crippen LogP contribution < -0.4 is 5.56 Å². The number of imidazole rings is 1. The van der Waals surface area contributed by atoms with Crippen molar-refractivity contribution >= 4 is 23.5 Å². The van der Waals surface area contributed by atoms with E-state index >= 15 is 0 Å². The Kier molecular flexibility index (Phi) is 4.43. The molecule has 20 heavy (non-hydrogen) atoms.